The zero-order valence-electron chi connectivity index (χ0n) is 13.6. The Hall–Kier alpha value is -1.06. The summed E-state index contributed by atoms with van der Waals surface area (Å²) in [7, 11) is 0. The first kappa shape index (κ1) is 18.9. The number of rotatable bonds is 9. The second kappa shape index (κ2) is 7.65. The highest BCUT2D eigenvalue weighted by Gasteiger charge is 2.51. The van der Waals surface area contributed by atoms with Gasteiger partial charge in [-0.05, 0) is 30.6 Å². The summed E-state index contributed by atoms with van der Waals surface area (Å²) in [6, 6.07) is 0. The molecule has 0 aliphatic heterocycles. The molecule has 0 radical (unpaired) electrons. The predicted molar refractivity (Wildman–Crippen MR) is 79.6 cm³/mol. The molecule has 0 aromatic carbocycles. The van der Waals surface area contributed by atoms with E-state index in [9.17, 15) is 19.8 Å². The van der Waals surface area contributed by atoms with Gasteiger partial charge in [-0.1, -0.05) is 48.0 Å². The van der Waals surface area contributed by atoms with Gasteiger partial charge in [0, 0.05) is 0 Å². The zero-order chi connectivity index (χ0) is 16.1. The summed E-state index contributed by atoms with van der Waals surface area (Å²) in [5.41, 5.74) is -1.18. The van der Waals surface area contributed by atoms with E-state index < -0.39 is 23.3 Å². The highest BCUT2D eigenvalue weighted by Crippen LogP contribution is 2.45. The summed E-state index contributed by atoms with van der Waals surface area (Å²) in [5, 5.41) is 19.4. The minimum absolute atomic E-state index is 0.149. The van der Waals surface area contributed by atoms with E-state index in [0.717, 1.165) is 0 Å². The normalized spacial score (nSPS) is 15.4. The van der Waals surface area contributed by atoms with Crippen LogP contribution in [0.1, 0.15) is 60.8 Å². The average Bonchev–Trinajstić information content (AvgIpc) is 2.25. The van der Waals surface area contributed by atoms with Gasteiger partial charge in [-0.25, -0.2) is 0 Å². The van der Waals surface area contributed by atoms with Crippen LogP contribution in [0.25, 0.3) is 0 Å². The molecule has 0 spiro atoms. The van der Waals surface area contributed by atoms with Crippen molar-refractivity contribution in [1.82, 2.24) is 0 Å². The third-order valence-corrected chi connectivity index (χ3v) is 4.05. The van der Waals surface area contributed by atoms with Gasteiger partial charge < -0.3 is 10.2 Å². The zero-order valence-corrected chi connectivity index (χ0v) is 13.6. The van der Waals surface area contributed by atoms with Crippen molar-refractivity contribution in [2.24, 2.45) is 29.1 Å². The quantitative estimate of drug-likeness (QED) is 0.674. The lowest BCUT2D eigenvalue weighted by molar-refractivity contribution is -0.169. The molecule has 0 heterocycles. The van der Waals surface area contributed by atoms with E-state index in [1.54, 1.807) is 0 Å². The lowest BCUT2D eigenvalue weighted by Gasteiger charge is -2.40. The number of aliphatic carboxylic acids is 2. The van der Waals surface area contributed by atoms with Crippen molar-refractivity contribution >= 4 is 11.9 Å². The molecule has 4 nitrogen and oxygen atoms in total. The number of carbonyl (C=O) groups is 2. The van der Waals surface area contributed by atoms with Crippen LogP contribution in [0.4, 0.5) is 0 Å². The maximum atomic E-state index is 12.0. The van der Waals surface area contributed by atoms with E-state index in [0.29, 0.717) is 19.3 Å². The first-order valence-corrected chi connectivity index (χ1v) is 7.54. The van der Waals surface area contributed by atoms with Crippen LogP contribution in [0, 0.1) is 29.1 Å². The van der Waals surface area contributed by atoms with Crippen molar-refractivity contribution in [1.29, 1.82) is 0 Å². The van der Waals surface area contributed by atoms with Crippen LogP contribution >= 0.6 is 0 Å². The molecular weight excluding hydrogens is 256 g/mol. The van der Waals surface area contributed by atoms with Gasteiger partial charge in [0.25, 0.3) is 0 Å². The SMILES string of the molecule is CCC(C)C(C(=O)O)C(CC(C)C)(CC(C)C)C(=O)O. The van der Waals surface area contributed by atoms with Crippen LogP contribution in [0.15, 0.2) is 0 Å². The Labute approximate surface area is 122 Å². The minimum atomic E-state index is -1.18. The first-order valence-electron chi connectivity index (χ1n) is 7.54. The van der Waals surface area contributed by atoms with E-state index in [1.807, 2.05) is 41.5 Å². The third-order valence-electron chi connectivity index (χ3n) is 4.05. The lowest BCUT2D eigenvalue weighted by atomic mass is 9.62. The monoisotopic (exact) mass is 286 g/mol. The molecule has 2 unspecified atom stereocenters. The number of carboxylic acids is 2. The highest BCUT2D eigenvalue weighted by atomic mass is 16.4. The molecular formula is C16H30O4. The highest BCUT2D eigenvalue weighted by molar-refractivity contribution is 5.83. The van der Waals surface area contributed by atoms with Crippen LogP contribution in [0.2, 0.25) is 0 Å². The Morgan fingerprint density at radius 1 is 0.950 bits per heavy atom. The molecule has 118 valence electrons. The Morgan fingerprint density at radius 2 is 1.35 bits per heavy atom. The summed E-state index contributed by atoms with van der Waals surface area (Å²) in [5.74, 6) is -2.64. The molecule has 0 bridgehead atoms. The number of carboxylic acid groups (broad SMARTS) is 2. The van der Waals surface area contributed by atoms with Crippen LogP contribution in [0.5, 0.6) is 0 Å². The largest absolute Gasteiger partial charge is 0.481 e. The summed E-state index contributed by atoms with van der Waals surface area (Å²) in [4.78, 5) is 23.7. The molecule has 0 aromatic heterocycles. The van der Waals surface area contributed by atoms with Crippen LogP contribution in [-0.2, 0) is 9.59 Å². The van der Waals surface area contributed by atoms with Crippen molar-refractivity contribution in [2.45, 2.75) is 60.8 Å². The van der Waals surface area contributed by atoms with Crippen molar-refractivity contribution < 1.29 is 19.8 Å². The summed E-state index contributed by atoms with van der Waals surface area (Å²) in [6.07, 6.45) is 1.48. The molecule has 2 atom stereocenters. The summed E-state index contributed by atoms with van der Waals surface area (Å²) in [6.45, 7) is 11.6. The van der Waals surface area contributed by atoms with E-state index >= 15 is 0 Å². The fraction of sp³-hybridized carbons (Fsp3) is 0.875. The lowest BCUT2D eigenvalue weighted by Crippen LogP contribution is -2.47. The smallest absolute Gasteiger partial charge is 0.310 e. The van der Waals surface area contributed by atoms with E-state index in [2.05, 4.69) is 0 Å². The van der Waals surface area contributed by atoms with Crippen LogP contribution in [-0.4, -0.2) is 22.2 Å². The molecule has 0 rings (SSSR count). The van der Waals surface area contributed by atoms with Gasteiger partial charge in [-0.15, -0.1) is 0 Å². The molecule has 0 aromatic rings. The topological polar surface area (TPSA) is 74.6 Å². The second-order valence-corrected chi connectivity index (χ2v) is 6.86. The van der Waals surface area contributed by atoms with Crippen molar-refractivity contribution in [3.05, 3.63) is 0 Å². The maximum absolute atomic E-state index is 12.0. The molecule has 0 saturated carbocycles. The molecule has 0 fully saturated rings. The van der Waals surface area contributed by atoms with Gasteiger partial charge in [0.1, 0.15) is 0 Å². The van der Waals surface area contributed by atoms with Gasteiger partial charge in [0.15, 0.2) is 0 Å². The van der Waals surface area contributed by atoms with E-state index in [1.165, 1.54) is 0 Å². The molecule has 2 N–H and O–H groups in total. The van der Waals surface area contributed by atoms with Crippen LogP contribution < -0.4 is 0 Å². The molecule has 0 aliphatic rings. The molecule has 0 aliphatic carbocycles. The summed E-state index contributed by atoms with van der Waals surface area (Å²) >= 11 is 0. The maximum Gasteiger partial charge on any atom is 0.310 e. The van der Waals surface area contributed by atoms with Gasteiger partial charge in [0.05, 0.1) is 11.3 Å². The van der Waals surface area contributed by atoms with Crippen molar-refractivity contribution in [2.75, 3.05) is 0 Å². The standard InChI is InChI=1S/C16H30O4/c1-7-12(6)13(14(17)18)16(15(19)20,8-10(2)3)9-11(4)5/h10-13H,7-9H2,1-6H3,(H,17,18)(H,19,20). The fourth-order valence-corrected chi connectivity index (χ4v) is 3.36. The van der Waals surface area contributed by atoms with E-state index in [-0.39, 0.29) is 17.8 Å². The first-order chi connectivity index (χ1) is 9.08. The van der Waals surface area contributed by atoms with Crippen LogP contribution in [0.3, 0.4) is 0 Å². The fourth-order valence-electron chi connectivity index (χ4n) is 3.36. The number of hydrogen-bond donors (Lipinski definition) is 2. The van der Waals surface area contributed by atoms with E-state index in [4.69, 9.17) is 0 Å². The van der Waals surface area contributed by atoms with Gasteiger partial charge in [-0.3, -0.25) is 9.59 Å². The van der Waals surface area contributed by atoms with Crippen molar-refractivity contribution in [3.8, 4) is 0 Å². The van der Waals surface area contributed by atoms with Gasteiger partial charge in [-0.2, -0.15) is 0 Å². The summed E-state index contributed by atoms with van der Waals surface area (Å²) < 4.78 is 0. The van der Waals surface area contributed by atoms with Gasteiger partial charge in [0.2, 0.25) is 0 Å². The minimum Gasteiger partial charge on any atom is -0.481 e. The van der Waals surface area contributed by atoms with Crippen molar-refractivity contribution in [3.63, 3.8) is 0 Å². The Bertz CT molecular complexity index is 323. The Balaban J connectivity index is 5.86. The average molecular weight is 286 g/mol. The molecule has 20 heavy (non-hydrogen) atoms. The molecule has 4 heteroatoms. The Morgan fingerprint density at radius 3 is 1.55 bits per heavy atom. The predicted octanol–water partition coefficient (Wildman–Crippen LogP) is 3.90. The number of hydrogen-bond acceptors (Lipinski definition) is 2. The third kappa shape index (κ3) is 4.50. The molecule has 0 saturated heterocycles. The second-order valence-electron chi connectivity index (χ2n) is 6.86. The Kier molecular flexibility index (Phi) is 7.25. The van der Waals surface area contributed by atoms with Gasteiger partial charge >= 0.3 is 11.9 Å². The molecule has 0 amide bonds.